The summed E-state index contributed by atoms with van der Waals surface area (Å²) >= 11 is 30.3. The number of morpholine rings is 1. The van der Waals surface area contributed by atoms with E-state index in [9.17, 15) is 13.2 Å². The summed E-state index contributed by atoms with van der Waals surface area (Å²) < 4.78 is 43.1. The molecule has 1 fully saturated rings. The summed E-state index contributed by atoms with van der Waals surface area (Å²) in [5, 5.41) is 2.61. The predicted molar refractivity (Wildman–Crippen MR) is 139 cm³/mol. The molecule has 2 heterocycles. The molecule has 36 heavy (non-hydrogen) atoms. The van der Waals surface area contributed by atoms with E-state index in [0.717, 1.165) is 0 Å². The number of nitrogens with one attached hydrogen (secondary N) is 1. The number of nitrogens with zero attached hydrogens (tertiary/aromatic N) is 1. The highest BCUT2D eigenvalue weighted by molar-refractivity contribution is 7.89. The predicted octanol–water partition coefficient (Wildman–Crippen LogP) is 6.40. The maximum Gasteiger partial charge on any atom is 0.291 e. The second kappa shape index (κ2) is 11.4. The van der Waals surface area contributed by atoms with E-state index in [-0.39, 0.29) is 48.1 Å². The molecule has 1 amide bonds. The van der Waals surface area contributed by atoms with Crippen molar-refractivity contribution in [2.45, 2.75) is 11.5 Å². The van der Waals surface area contributed by atoms with E-state index in [1.54, 1.807) is 0 Å². The Morgan fingerprint density at radius 3 is 2.08 bits per heavy atom. The molecule has 1 aliphatic rings. The van der Waals surface area contributed by atoms with E-state index >= 15 is 0 Å². The highest BCUT2D eigenvalue weighted by atomic mass is 35.5. The number of amides is 1. The highest BCUT2D eigenvalue weighted by Crippen LogP contribution is 2.48. The maximum absolute atomic E-state index is 12.7. The van der Waals surface area contributed by atoms with E-state index in [4.69, 9.17) is 71.9 Å². The number of anilines is 1. The van der Waals surface area contributed by atoms with Gasteiger partial charge in [0.1, 0.15) is 22.4 Å². The van der Waals surface area contributed by atoms with Crippen molar-refractivity contribution in [3.8, 4) is 5.75 Å². The fraction of sp³-hybridized carbons (Fsp3) is 0.227. The van der Waals surface area contributed by atoms with E-state index < -0.39 is 15.9 Å². The Labute approximate surface area is 231 Å². The van der Waals surface area contributed by atoms with Gasteiger partial charge in [-0.25, -0.2) is 8.42 Å². The molecule has 1 aromatic heterocycles. The quantitative estimate of drug-likeness (QED) is 0.244. The fourth-order valence-electron chi connectivity index (χ4n) is 3.27. The average molecular weight is 615 g/mol. The zero-order valence-electron chi connectivity index (χ0n) is 18.2. The molecule has 4 rings (SSSR count). The summed E-state index contributed by atoms with van der Waals surface area (Å²) in [6.07, 6.45) is 0. The van der Waals surface area contributed by atoms with Crippen LogP contribution in [0.4, 0.5) is 5.69 Å². The molecule has 0 spiro atoms. The van der Waals surface area contributed by atoms with Gasteiger partial charge in [-0.2, -0.15) is 4.31 Å². The number of carbonyl (C=O) groups is 1. The number of hydrogen-bond acceptors (Lipinski definition) is 6. The van der Waals surface area contributed by atoms with Gasteiger partial charge in [-0.3, -0.25) is 4.79 Å². The van der Waals surface area contributed by atoms with Crippen LogP contribution < -0.4 is 10.1 Å². The number of furan rings is 1. The summed E-state index contributed by atoms with van der Waals surface area (Å²) in [6.45, 7) is 1.16. The first-order valence-corrected chi connectivity index (χ1v) is 13.6. The highest BCUT2D eigenvalue weighted by Gasteiger charge is 2.26. The zero-order chi connectivity index (χ0) is 26.0. The summed E-state index contributed by atoms with van der Waals surface area (Å²) in [6, 6.07) is 8.84. The fourth-order valence-corrected chi connectivity index (χ4v) is 5.91. The Balaban J connectivity index is 1.40. The van der Waals surface area contributed by atoms with Crippen molar-refractivity contribution in [3.05, 3.63) is 73.0 Å². The molecule has 3 aromatic rings. The van der Waals surface area contributed by atoms with Crippen LogP contribution in [-0.4, -0.2) is 44.9 Å². The number of benzene rings is 2. The molecule has 0 aliphatic carbocycles. The van der Waals surface area contributed by atoms with Crippen molar-refractivity contribution in [1.29, 1.82) is 0 Å². The SMILES string of the molecule is O=C(Nc1ccc(S(=O)(=O)N2CCOCC2)cc1)c1ccc(COc2c(Cl)c(Cl)c(Cl)c(Cl)c2Cl)o1. The van der Waals surface area contributed by atoms with Gasteiger partial charge >= 0.3 is 0 Å². The minimum Gasteiger partial charge on any atom is -0.482 e. The Bertz CT molecular complexity index is 1360. The Hall–Kier alpha value is -1.69. The van der Waals surface area contributed by atoms with Crippen LogP contribution in [0.25, 0.3) is 0 Å². The van der Waals surface area contributed by atoms with E-state index in [1.165, 1.54) is 40.7 Å². The molecular formula is C22H17Cl5N2O6S. The normalized spacial score (nSPS) is 14.6. The molecule has 8 nitrogen and oxygen atoms in total. The number of carbonyl (C=O) groups excluding carboxylic acids is 1. The average Bonchev–Trinajstić information content (AvgIpc) is 3.36. The van der Waals surface area contributed by atoms with Gasteiger partial charge in [0.05, 0.1) is 33.2 Å². The largest absolute Gasteiger partial charge is 0.482 e. The zero-order valence-corrected chi connectivity index (χ0v) is 22.8. The molecule has 0 unspecified atom stereocenters. The summed E-state index contributed by atoms with van der Waals surface area (Å²) in [5.41, 5.74) is 0.388. The minimum atomic E-state index is -3.63. The first kappa shape index (κ1) is 27.3. The second-order valence-corrected chi connectivity index (χ2v) is 11.3. The molecule has 0 atom stereocenters. The van der Waals surface area contributed by atoms with Crippen molar-refractivity contribution >= 4 is 79.6 Å². The van der Waals surface area contributed by atoms with Crippen LogP contribution in [-0.2, 0) is 21.4 Å². The van der Waals surface area contributed by atoms with Crippen molar-refractivity contribution in [2.75, 3.05) is 31.6 Å². The molecule has 1 N–H and O–H groups in total. The van der Waals surface area contributed by atoms with Gasteiger partial charge in [0.15, 0.2) is 11.5 Å². The lowest BCUT2D eigenvalue weighted by molar-refractivity contribution is 0.0730. The standard InChI is InChI=1S/C22H17Cl5N2O6S/c23-16-17(24)19(26)21(20(27)18(16)25)34-11-13-3-6-15(35-13)22(30)28-12-1-4-14(5-2-12)36(31,32)29-7-9-33-10-8-29/h1-6H,7-11H2,(H,28,30). The lowest BCUT2D eigenvalue weighted by Gasteiger charge is -2.26. The van der Waals surface area contributed by atoms with Gasteiger partial charge < -0.3 is 19.2 Å². The van der Waals surface area contributed by atoms with Crippen LogP contribution in [0.5, 0.6) is 5.75 Å². The van der Waals surface area contributed by atoms with Gasteiger partial charge in [-0.05, 0) is 36.4 Å². The van der Waals surface area contributed by atoms with Crippen molar-refractivity contribution < 1.29 is 27.1 Å². The van der Waals surface area contributed by atoms with Crippen LogP contribution in [0.15, 0.2) is 45.7 Å². The lowest BCUT2D eigenvalue weighted by Crippen LogP contribution is -2.40. The third-order valence-electron chi connectivity index (χ3n) is 5.13. The molecule has 0 bridgehead atoms. The first-order valence-electron chi connectivity index (χ1n) is 10.3. The van der Waals surface area contributed by atoms with E-state index in [1.807, 2.05) is 0 Å². The molecule has 192 valence electrons. The van der Waals surface area contributed by atoms with Crippen molar-refractivity contribution in [2.24, 2.45) is 0 Å². The molecule has 14 heteroatoms. The smallest absolute Gasteiger partial charge is 0.291 e. The van der Waals surface area contributed by atoms with Gasteiger partial charge in [-0.15, -0.1) is 0 Å². The Morgan fingerprint density at radius 1 is 0.889 bits per heavy atom. The maximum atomic E-state index is 12.7. The van der Waals surface area contributed by atoms with Gasteiger partial charge in [-0.1, -0.05) is 58.0 Å². The molecule has 1 aliphatic heterocycles. The van der Waals surface area contributed by atoms with Crippen LogP contribution >= 0.6 is 58.0 Å². The first-order chi connectivity index (χ1) is 17.1. The second-order valence-electron chi connectivity index (χ2n) is 7.45. The van der Waals surface area contributed by atoms with Crippen LogP contribution in [0.2, 0.25) is 25.1 Å². The molecule has 2 aromatic carbocycles. The number of sulfonamides is 1. The minimum absolute atomic E-state index is 0.00276. The Morgan fingerprint density at radius 2 is 1.47 bits per heavy atom. The summed E-state index contributed by atoms with van der Waals surface area (Å²) in [7, 11) is -3.63. The summed E-state index contributed by atoms with van der Waals surface area (Å²) in [4.78, 5) is 12.7. The third kappa shape index (κ3) is 5.74. The number of rotatable bonds is 7. The van der Waals surface area contributed by atoms with Crippen LogP contribution in [0.3, 0.4) is 0 Å². The number of halogens is 5. The van der Waals surface area contributed by atoms with Gasteiger partial charge in [0.2, 0.25) is 10.0 Å². The van der Waals surface area contributed by atoms with E-state index in [0.29, 0.717) is 37.8 Å². The third-order valence-corrected chi connectivity index (χ3v) is 9.29. The monoisotopic (exact) mass is 612 g/mol. The molecule has 0 radical (unpaired) electrons. The number of ether oxygens (including phenoxy) is 2. The van der Waals surface area contributed by atoms with Gasteiger partial charge in [0, 0.05) is 18.8 Å². The number of hydrogen-bond donors (Lipinski definition) is 1. The molecular weight excluding hydrogens is 598 g/mol. The lowest BCUT2D eigenvalue weighted by atomic mass is 10.3. The topological polar surface area (TPSA) is 98.1 Å². The van der Waals surface area contributed by atoms with Crippen LogP contribution in [0.1, 0.15) is 16.3 Å². The van der Waals surface area contributed by atoms with Crippen LogP contribution in [0, 0.1) is 0 Å². The molecule has 0 saturated carbocycles. The Kier molecular flexibility index (Phi) is 8.63. The van der Waals surface area contributed by atoms with Crippen molar-refractivity contribution in [1.82, 2.24) is 4.31 Å². The van der Waals surface area contributed by atoms with E-state index in [2.05, 4.69) is 5.32 Å². The summed E-state index contributed by atoms with van der Waals surface area (Å²) in [5.74, 6) is -0.227. The van der Waals surface area contributed by atoms with Crippen molar-refractivity contribution in [3.63, 3.8) is 0 Å². The molecule has 1 saturated heterocycles. The van der Waals surface area contributed by atoms with Gasteiger partial charge in [0.25, 0.3) is 5.91 Å².